The topological polar surface area (TPSA) is 38.9 Å². The van der Waals surface area contributed by atoms with Crippen molar-refractivity contribution in [3.63, 3.8) is 0 Å². The highest BCUT2D eigenvalue weighted by Gasteiger charge is 2.21. The minimum absolute atomic E-state index is 0.103. The maximum atomic E-state index is 6.03. The highest BCUT2D eigenvalue weighted by Crippen LogP contribution is 2.30. The van der Waals surface area contributed by atoms with Crippen molar-refractivity contribution < 1.29 is 0 Å². The van der Waals surface area contributed by atoms with Crippen LogP contribution in [-0.4, -0.2) is 4.98 Å². The summed E-state index contributed by atoms with van der Waals surface area (Å²) in [4.78, 5) is 4.71. The molecule has 1 aromatic rings. The van der Waals surface area contributed by atoms with Crippen LogP contribution in [0.1, 0.15) is 58.0 Å². The number of hydrogen-bond donors (Lipinski definition) is 1. The Morgan fingerprint density at radius 1 is 1.19 bits per heavy atom. The first-order valence-corrected chi connectivity index (χ1v) is 6.27. The number of nitrogens with two attached hydrogens (primary N) is 1. The van der Waals surface area contributed by atoms with Gasteiger partial charge in [0, 0.05) is 22.5 Å². The summed E-state index contributed by atoms with van der Waals surface area (Å²) >= 11 is 0. The van der Waals surface area contributed by atoms with Crippen molar-refractivity contribution in [3.8, 4) is 0 Å². The van der Waals surface area contributed by atoms with Crippen molar-refractivity contribution in [1.29, 1.82) is 0 Å². The number of aromatic nitrogens is 1. The van der Waals surface area contributed by atoms with Crippen LogP contribution in [0.5, 0.6) is 0 Å². The largest absolute Gasteiger partial charge is 0.398 e. The molecule has 1 aliphatic rings. The van der Waals surface area contributed by atoms with E-state index in [9.17, 15) is 0 Å². The van der Waals surface area contributed by atoms with E-state index in [-0.39, 0.29) is 5.41 Å². The molecule has 0 aromatic carbocycles. The summed E-state index contributed by atoms with van der Waals surface area (Å²) in [6.07, 6.45) is 3.42. The van der Waals surface area contributed by atoms with E-state index >= 15 is 0 Å². The van der Waals surface area contributed by atoms with Gasteiger partial charge in [0.25, 0.3) is 0 Å². The molecule has 2 N–H and O–H groups in total. The first kappa shape index (κ1) is 13.0. The van der Waals surface area contributed by atoms with Gasteiger partial charge in [-0.25, -0.2) is 0 Å². The molecule has 90 valence electrons. The van der Waals surface area contributed by atoms with Crippen LogP contribution in [-0.2, 0) is 18.3 Å². The van der Waals surface area contributed by atoms with Crippen molar-refractivity contribution in [2.45, 2.75) is 59.3 Å². The third kappa shape index (κ3) is 2.55. The lowest BCUT2D eigenvalue weighted by Crippen LogP contribution is -2.15. The van der Waals surface area contributed by atoms with Crippen LogP contribution in [0.4, 0.5) is 5.69 Å². The number of aryl methyl sites for hydroxylation is 1. The van der Waals surface area contributed by atoms with Gasteiger partial charge in [-0.1, -0.05) is 34.6 Å². The van der Waals surface area contributed by atoms with Crippen molar-refractivity contribution in [2.24, 2.45) is 0 Å². The van der Waals surface area contributed by atoms with Gasteiger partial charge in [-0.05, 0) is 30.9 Å². The normalized spacial score (nSPS) is 14.1. The molecule has 0 spiro atoms. The van der Waals surface area contributed by atoms with Gasteiger partial charge in [0.15, 0.2) is 0 Å². The molecule has 0 saturated heterocycles. The number of hydrogen-bond acceptors (Lipinski definition) is 2. The number of pyridine rings is 1. The van der Waals surface area contributed by atoms with Crippen LogP contribution in [0.25, 0.3) is 0 Å². The smallest absolute Gasteiger partial charge is 0.0481 e. The molecule has 0 bridgehead atoms. The fourth-order valence-corrected chi connectivity index (χ4v) is 1.96. The molecule has 1 aliphatic carbocycles. The lowest BCUT2D eigenvalue weighted by atomic mass is 9.90. The Morgan fingerprint density at radius 3 is 2.38 bits per heavy atom. The van der Waals surface area contributed by atoms with Crippen LogP contribution >= 0.6 is 0 Å². The number of nitrogen functional groups attached to an aromatic ring is 1. The third-order valence-corrected chi connectivity index (χ3v) is 2.85. The van der Waals surface area contributed by atoms with E-state index in [1.807, 2.05) is 19.9 Å². The first-order chi connectivity index (χ1) is 7.48. The molecule has 16 heavy (non-hydrogen) atoms. The fraction of sp³-hybridized carbons (Fsp3) is 0.643. The summed E-state index contributed by atoms with van der Waals surface area (Å²) in [6.45, 7) is 10.5. The van der Waals surface area contributed by atoms with E-state index in [1.165, 1.54) is 17.7 Å². The van der Waals surface area contributed by atoms with Crippen LogP contribution in [0.15, 0.2) is 6.07 Å². The SMILES string of the molecule is CC.CC(C)(C)c1cc(N)c2c(n1)CCC2. The molecule has 2 rings (SSSR count). The Hall–Kier alpha value is -1.05. The Balaban J connectivity index is 0.000000606. The van der Waals surface area contributed by atoms with Gasteiger partial charge in [-0.15, -0.1) is 0 Å². The van der Waals surface area contributed by atoms with E-state index < -0.39 is 0 Å². The van der Waals surface area contributed by atoms with Gasteiger partial charge in [0.05, 0.1) is 0 Å². The number of anilines is 1. The summed E-state index contributed by atoms with van der Waals surface area (Å²) in [7, 11) is 0. The Labute approximate surface area is 99.3 Å². The van der Waals surface area contributed by atoms with E-state index in [2.05, 4.69) is 20.8 Å². The summed E-state index contributed by atoms with van der Waals surface area (Å²) < 4.78 is 0. The number of rotatable bonds is 0. The van der Waals surface area contributed by atoms with Crippen molar-refractivity contribution >= 4 is 5.69 Å². The van der Waals surface area contributed by atoms with Crippen LogP contribution in [0.3, 0.4) is 0 Å². The molecule has 0 fully saturated rings. The maximum Gasteiger partial charge on any atom is 0.0481 e. The van der Waals surface area contributed by atoms with Crippen LogP contribution < -0.4 is 5.73 Å². The minimum atomic E-state index is 0.103. The molecule has 0 saturated carbocycles. The van der Waals surface area contributed by atoms with E-state index in [1.54, 1.807) is 0 Å². The molecule has 0 aliphatic heterocycles. The predicted molar refractivity (Wildman–Crippen MR) is 70.7 cm³/mol. The van der Waals surface area contributed by atoms with E-state index in [4.69, 9.17) is 10.7 Å². The van der Waals surface area contributed by atoms with E-state index in [0.29, 0.717) is 0 Å². The van der Waals surface area contributed by atoms with Crippen molar-refractivity contribution in [2.75, 3.05) is 5.73 Å². The minimum Gasteiger partial charge on any atom is -0.398 e. The Kier molecular flexibility index (Phi) is 3.95. The quantitative estimate of drug-likeness (QED) is 0.727. The molecule has 0 unspecified atom stereocenters. The molecule has 2 nitrogen and oxygen atoms in total. The summed E-state index contributed by atoms with van der Waals surface area (Å²) in [5.41, 5.74) is 10.7. The average Bonchev–Trinajstić information content (AvgIpc) is 2.68. The molecule has 1 aromatic heterocycles. The summed E-state index contributed by atoms with van der Waals surface area (Å²) in [5, 5.41) is 0. The molecular formula is C14H24N2. The summed E-state index contributed by atoms with van der Waals surface area (Å²) in [5.74, 6) is 0. The van der Waals surface area contributed by atoms with Gasteiger partial charge in [-0.2, -0.15) is 0 Å². The molecule has 0 radical (unpaired) electrons. The molecular weight excluding hydrogens is 196 g/mol. The zero-order valence-corrected chi connectivity index (χ0v) is 11.2. The van der Waals surface area contributed by atoms with Gasteiger partial charge in [0.1, 0.15) is 0 Å². The van der Waals surface area contributed by atoms with Gasteiger partial charge in [0.2, 0.25) is 0 Å². The third-order valence-electron chi connectivity index (χ3n) is 2.85. The second-order valence-corrected chi connectivity index (χ2v) is 5.13. The standard InChI is InChI=1S/C12H18N2.C2H6/c1-12(2,3)11-7-9(13)8-5-4-6-10(8)14-11;1-2/h7H,4-6H2,1-3H3,(H2,13,14);1-2H3. The zero-order valence-electron chi connectivity index (χ0n) is 11.2. The van der Waals surface area contributed by atoms with Gasteiger partial charge >= 0.3 is 0 Å². The second-order valence-electron chi connectivity index (χ2n) is 5.13. The summed E-state index contributed by atoms with van der Waals surface area (Å²) in [6, 6.07) is 2.05. The monoisotopic (exact) mass is 220 g/mol. The van der Waals surface area contributed by atoms with Crippen LogP contribution in [0, 0.1) is 0 Å². The van der Waals surface area contributed by atoms with E-state index in [0.717, 1.165) is 24.2 Å². The Morgan fingerprint density at radius 2 is 1.81 bits per heavy atom. The fourth-order valence-electron chi connectivity index (χ4n) is 1.96. The van der Waals surface area contributed by atoms with Crippen molar-refractivity contribution in [1.82, 2.24) is 4.98 Å². The number of fused-ring (bicyclic) bond motifs is 1. The van der Waals surface area contributed by atoms with Crippen molar-refractivity contribution in [3.05, 3.63) is 23.0 Å². The lowest BCUT2D eigenvalue weighted by molar-refractivity contribution is 0.566. The molecule has 1 heterocycles. The molecule has 0 atom stereocenters. The first-order valence-electron chi connectivity index (χ1n) is 6.27. The molecule has 2 heteroatoms. The lowest BCUT2D eigenvalue weighted by Gasteiger charge is -2.19. The number of nitrogens with zero attached hydrogens (tertiary/aromatic N) is 1. The zero-order chi connectivity index (χ0) is 12.3. The van der Waals surface area contributed by atoms with Crippen LogP contribution in [0.2, 0.25) is 0 Å². The van der Waals surface area contributed by atoms with Gasteiger partial charge in [-0.3, -0.25) is 4.98 Å². The average molecular weight is 220 g/mol. The predicted octanol–water partition coefficient (Wildman–Crippen LogP) is 3.48. The van der Waals surface area contributed by atoms with Gasteiger partial charge < -0.3 is 5.73 Å². The second kappa shape index (κ2) is 4.86. The maximum absolute atomic E-state index is 6.03. The highest BCUT2D eigenvalue weighted by molar-refractivity contribution is 5.52. The Bertz CT molecular complexity index is 362. The molecule has 0 amide bonds. The highest BCUT2D eigenvalue weighted by atomic mass is 14.8.